The van der Waals surface area contributed by atoms with E-state index < -0.39 is 0 Å². The molecule has 1 fully saturated rings. The molecular formula is C17H26N4O2. The van der Waals surface area contributed by atoms with Crippen LogP contribution in [0, 0.1) is 6.92 Å². The molecule has 0 spiro atoms. The summed E-state index contributed by atoms with van der Waals surface area (Å²) in [5.74, 6) is 1.48. The molecule has 1 aliphatic heterocycles. The van der Waals surface area contributed by atoms with Crippen LogP contribution in [0.2, 0.25) is 0 Å². The zero-order chi connectivity index (χ0) is 16.7. The van der Waals surface area contributed by atoms with Gasteiger partial charge in [-0.3, -0.25) is 9.69 Å². The number of aromatic nitrogens is 2. The van der Waals surface area contributed by atoms with Gasteiger partial charge in [0.15, 0.2) is 0 Å². The fourth-order valence-electron chi connectivity index (χ4n) is 2.70. The van der Waals surface area contributed by atoms with Gasteiger partial charge in [0.05, 0.1) is 0 Å². The second kappa shape index (κ2) is 8.62. The van der Waals surface area contributed by atoms with E-state index in [0.29, 0.717) is 11.7 Å². The monoisotopic (exact) mass is 318 g/mol. The fraction of sp³-hybridized carbons (Fsp3) is 0.588. The van der Waals surface area contributed by atoms with Gasteiger partial charge in [0, 0.05) is 51.9 Å². The largest absolute Gasteiger partial charge is 0.473 e. The van der Waals surface area contributed by atoms with Crippen LogP contribution < -0.4 is 4.74 Å². The first kappa shape index (κ1) is 17.4. The Morgan fingerprint density at radius 1 is 1.43 bits per heavy atom. The molecule has 126 valence electrons. The number of rotatable bonds is 7. The van der Waals surface area contributed by atoms with Gasteiger partial charge in [-0.2, -0.15) is 4.98 Å². The topological polar surface area (TPSA) is 58.6 Å². The fourth-order valence-corrected chi connectivity index (χ4v) is 2.70. The number of hydrogen-bond donors (Lipinski definition) is 0. The summed E-state index contributed by atoms with van der Waals surface area (Å²) >= 11 is 0. The number of piperazine rings is 1. The number of carbonyl (C=O) groups is 1. The molecule has 0 aliphatic carbocycles. The van der Waals surface area contributed by atoms with Crippen molar-refractivity contribution in [3.05, 3.63) is 30.7 Å². The van der Waals surface area contributed by atoms with Gasteiger partial charge in [0.25, 0.3) is 0 Å². The van der Waals surface area contributed by atoms with Crippen LogP contribution >= 0.6 is 0 Å². The third kappa shape index (κ3) is 5.63. The van der Waals surface area contributed by atoms with Crippen molar-refractivity contribution in [2.24, 2.45) is 0 Å². The molecule has 0 aromatic carbocycles. The van der Waals surface area contributed by atoms with Gasteiger partial charge in [-0.15, -0.1) is 6.58 Å². The average molecular weight is 318 g/mol. The summed E-state index contributed by atoms with van der Waals surface area (Å²) in [5, 5.41) is 0. The normalized spacial score (nSPS) is 16.9. The van der Waals surface area contributed by atoms with Crippen molar-refractivity contribution >= 4 is 5.91 Å². The molecule has 1 aromatic heterocycles. The standard InChI is InChI=1S/C17H26N4O2/c1-4-5-6-16(23-17-7-8-18-14(2)19-17)13-20-9-11-21(12-10-20)15(3)22/h4,7-8,16H,1,5-6,9-13H2,2-3H3. The Labute approximate surface area is 138 Å². The minimum Gasteiger partial charge on any atom is -0.473 e. The maximum atomic E-state index is 11.4. The molecule has 0 bridgehead atoms. The number of amides is 1. The summed E-state index contributed by atoms with van der Waals surface area (Å²) in [4.78, 5) is 24.1. The Kier molecular flexibility index (Phi) is 6.52. The van der Waals surface area contributed by atoms with E-state index in [1.165, 1.54) is 0 Å². The molecule has 1 aliphatic rings. The molecule has 1 amide bonds. The smallest absolute Gasteiger partial charge is 0.219 e. The quantitative estimate of drug-likeness (QED) is 0.716. The molecular weight excluding hydrogens is 292 g/mol. The lowest BCUT2D eigenvalue weighted by Crippen LogP contribution is -2.50. The number of aryl methyl sites for hydroxylation is 1. The predicted octanol–water partition coefficient (Wildman–Crippen LogP) is 1.66. The van der Waals surface area contributed by atoms with Crippen molar-refractivity contribution < 1.29 is 9.53 Å². The minimum absolute atomic E-state index is 0.0613. The van der Waals surface area contributed by atoms with Crippen LogP contribution in [-0.2, 0) is 4.79 Å². The SMILES string of the molecule is C=CCCC(CN1CCN(C(C)=O)CC1)Oc1ccnc(C)n1. The molecule has 1 unspecified atom stereocenters. The highest BCUT2D eigenvalue weighted by atomic mass is 16.5. The maximum Gasteiger partial charge on any atom is 0.219 e. The average Bonchev–Trinajstić information content (AvgIpc) is 2.53. The molecule has 6 nitrogen and oxygen atoms in total. The van der Waals surface area contributed by atoms with E-state index in [1.807, 2.05) is 17.9 Å². The molecule has 1 aromatic rings. The molecule has 1 atom stereocenters. The number of ether oxygens (including phenoxy) is 1. The highest BCUT2D eigenvalue weighted by molar-refractivity contribution is 5.73. The summed E-state index contributed by atoms with van der Waals surface area (Å²) in [6.45, 7) is 11.5. The van der Waals surface area contributed by atoms with E-state index in [2.05, 4.69) is 21.4 Å². The van der Waals surface area contributed by atoms with Gasteiger partial charge in [-0.25, -0.2) is 4.98 Å². The van der Waals surface area contributed by atoms with Crippen LogP contribution in [0.15, 0.2) is 24.9 Å². The first-order chi connectivity index (χ1) is 11.1. The van der Waals surface area contributed by atoms with E-state index >= 15 is 0 Å². The van der Waals surface area contributed by atoms with E-state index in [0.717, 1.165) is 45.6 Å². The highest BCUT2D eigenvalue weighted by Gasteiger charge is 2.22. The summed E-state index contributed by atoms with van der Waals surface area (Å²) in [7, 11) is 0. The molecule has 2 heterocycles. The third-order valence-electron chi connectivity index (χ3n) is 4.01. The summed E-state index contributed by atoms with van der Waals surface area (Å²) in [6.07, 6.45) is 5.50. The van der Waals surface area contributed by atoms with Crippen molar-refractivity contribution in [3.8, 4) is 5.88 Å². The zero-order valence-electron chi connectivity index (χ0n) is 14.1. The van der Waals surface area contributed by atoms with Gasteiger partial charge < -0.3 is 9.64 Å². The van der Waals surface area contributed by atoms with Gasteiger partial charge in [0.1, 0.15) is 11.9 Å². The van der Waals surface area contributed by atoms with Crippen molar-refractivity contribution in [1.82, 2.24) is 19.8 Å². The van der Waals surface area contributed by atoms with Crippen LogP contribution in [0.3, 0.4) is 0 Å². The van der Waals surface area contributed by atoms with Crippen molar-refractivity contribution in [2.45, 2.75) is 32.8 Å². The van der Waals surface area contributed by atoms with Crippen LogP contribution in [0.1, 0.15) is 25.6 Å². The molecule has 0 N–H and O–H groups in total. The van der Waals surface area contributed by atoms with E-state index in [9.17, 15) is 4.79 Å². The van der Waals surface area contributed by atoms with Crippen LogP contribution in [0.4, 0.5) is 0 Å². The van der Waals surface area contributed by atoms with Crippen LogP contribution in [0.25, 0.3) is 0 Å². The Balaban J connectivity index is 1.91. The Bertz CT molecular complexity index is 527. The summed E-state index contributed by atoms with van der Waals surface area (Å²) in [5.41, 5.74) is 0. The number of allylic oxidation sites excluding steroid dienone is 1. The number of nitrogens with zero attached hydrogens (tertiary/aromatic N) is 4. The zero-order valence-corrected chi connectivity index (χ0v) is 14.1. The van der Waals surface area contributed by atoms with Crippen LogP contribution in [0.5, 0.6) is 5.88 Å². The lowest BCUT2D eigenvalue weighted by Gasteiger charge is -2.35. The van der Waals surface area contributed by atoms with Gasteiger partial charge in [-0.05, 0) is 19.8 Å². The molecule has 23 heavy (non-hydrogen) atoms. The summed E-state index contributed by atoms with van der Waals surface area (Å²) in [6, 6.07) is 1.79. The van der Waals surface area contributed by atoms with Crippen molar-refractivity contribution in [1.29, 1.82) is 0 Å². The van der Waals surface area contributed by atoms with Crippen molar-refractivity contribution in [2.75, 3.05) is 32.7 Å². The van der Waals surface area contributed by atoms with Crippen molar-refractivity contribution in [3.63, 3.8) is 0 Å². The predicted molar refractivity (Wildman–Crippen MR) is 89.3 cm³/mol. The molecule has 0 radical (unpaired) electrons. The second-order valence-corrected chi connectivity index (χ2v) is 5.85. The third-order valence-corrected chi connectivity index (χ3v) is 4.01. The lowest BCUT2D eigenvalue weighted by molar-refractivity contribution is -0.130. The maximum absolute atomic E-state index is 11.4. The minimum atomic E-state index is 0.0613. The highest BCUT2D eigenvalue weighted by Crippen LogP contribution is 2.13. The van der Waals surface area contributed by atoms with E-state index in [1.54, 1.807) is 19.2 Å². The van der Waals surface area contributed by atoms with Gasteiger partial charge >= 0.3 is 0 Å². The molecule has 1 saturated heterocycles. The van der Waals surface area contributed by atoms with Crippen LogP contribution in [-0.4, -0.2) is 64.5 Å². The van der Waals surface area contributed by atoms with E-state index in [-0.39, 0.29) is 12.0 Å². The van der Waals surface area contributed by atoms with Gasteiger partial charge in [0.2, 0.25) is 11.8 Å². The Morgan fingerprint density at radius 2 is 2.17 bits per heavy atom. The molecule has 6 heteroatoms. The van der Waals surface area contributed by atoms with E-state index in [4.69, 9.17) is 4.74 Å². The molecule has 0 saturated carbocycles. The number of carbonyl (C=O) groups excluding carboxylic acids is 1. The Hall–Kier alpha value is -1.95. The second-order valence-electron chi connectivity index (χ2n) is 5.85. The lowest BCUT2D eigenvalue weighted by atomic mass is 10.1. The molecule has 2 rings (SSSR count). The first-order valence-corrected chi connectivity index (χ1v) is 8.13. The first-order valence-electron chi connectivity index (χ1n) is 8.13. The Morgan fingerprint density at radius 3 is 2.78 bits per heavy atom. The van der Waals surface area contributed by atoms with Gasteiger partial charge in [-0.1, -0.05) is 6.08 Å². The summed E-state index contributed by atoms with van der Waals surface area (Å²) < 4.78 is 6.05. The number of hydrogen-bond acceptors (Lipinski definition) is 5.